The van der Waals surface area contributed by atoms with Crippen LogP contribution in [-0.2, 0) is 6.61 Å². The normalized spacial score (nSPS) is 10.1. The van der Waals surface area contributed by atoms with Crippen molar-refractivity contribution in [1.82, 2.24) is 4.98 Å². The van der Waals surface area contributed by atoms with Crippen LogP contribution in [0.4, 0.5) is 5.69 Å². The van der Waals surface area contributed by atoms with Crippen molar-refractivity contribution in [2.45, 2.75) is 13.5 Å². The van der Waals surface area contributed by atoms with Crippen molar-refractivity contribution < 1.29 is 9.66 Å². The smallest absolute Gasteiger partial charge is 0.310 e. The van der Waals surface area contributed by atoms with Crippen LogP contribution in [0.15, 0.2) is 42.6 Å². The number of hydrogen-bond donors (Lipinski definition) is 0. The van der Waals surface area contributed by atoms with Crippen molar-refractivity contribution in [3.05, 3.63) is 64.0 Å². The highest BCUT2D eigenvalue weighted by Gasteiger charge is 2.14. The summed E-state index contributed by atoms with van der Waals surface area (Å²) >= 11 is 0. The summed E-state index contributed by atoms with van der Waals surface area (Å²) < 4.78 is 5.46. The average molecular weight is 244 g/mol. The van der Waals surface area contributed by atoms with Gasteiger partial charge in [0.2, 0.25) is 0 Å². The third-order valence-corrected chi connectivity index (χ3v) is 2.41. The highest BCUT2D eigenvalue weighted by Crippen LogP contribution is 2.28. The molecule has 2 rings (SSSR count). The number of aromatic nitrogens is 1. The van der Waals surface area contributed by atoms with Gasteiger partial charge in [0.25, 0.3) is 0 Å². The molecule has 0 N–H and O–H groups in total. The molecule has 0 aliphatic rings. The zero-order valence-electron chi connectivity index (χ0n) is 9.87. The number of hydrogen-bond acceptors (Lipinski definition) is 4. The fourth-order valence-electron chi connectivity index (χ4n) is 1.52. The second-order valence-electron chi connectivity index (χ2n) is 3.84. The van der Waals surface area contributed by atoms with Gasteiger partial charge < -0.3 is 4.74 Å². The predicted molar refractivity (Wildman–Crippen MR) is 66.4 cm³/mol. The summed E-state index contributed by atoms with van der Waals surface area (Å²) in [6.45, 7) is 2.07. The van der Waals surface area contributed by atoms with Gasteiger partial charge in [-0.15, -0.1) is 0 Å². The summed E-state index contributed by atoms with van der Waals surface area (Å²) in [6, 6.07) is 10.2. The first-order valence-corrected chi connectivity index (χ1v) is 5.44. The van der Waals surface area contributed by atoms with E-state index in [0.717, 1.165) is 11.3 Å². The van der Waals surface area contributed by atoms with E-state index in [1.807, 2.05) is 19.1 Å². The Hall–Kier alpha value is -2.43. The van der Waals surface area contributed by atoms with E-state index in [1.54, 1.807) is 24.4 Å². The average Bonchev–Trinajstić information content (AvgIpc) is 2.37. The molecule has 92 valence electrons. The van der Waals surface area contributed by atoms with Crippen molar-refractivity contribution in [1.29, 1.82) is 0 Å². The quantitative estimate of drug-likeness (QED) is 0.612. The lowest BCUT2D eigenvalue weighted by Crippen LogP contribution is -2.00. The molecule has 18 heavy (non-hydrogen) atoms. The molecule has 1 aromatic heterocycles. The molecule has 0 bridgehead atoms. The summed E-state index contributed by atoms with van der Waals surface area (Å²) in [5.41, 5.74) is 1.61. The van der Waals surface area contributed by atoms with Gasteiger partial charge in [-0.1, -0.05) is 12.1 Å². The van der Waals surface area contributed by atoms with Gasteiger partial charge in [0.15, 0.2) is 5.75 Å². The number of pyridine rings is 1. The first kappa shape index (κ1) is 12.0. The first-order chi connectivity index (χ1) is 8.66. The van der Waals surface area contributed by atoms with Gasteiger partial charge in [-0.25, -0.2) is 0 Å². The molecule has 0 saturated carbocycles. The molecule has 0 spiro atoms. The van der Waals surface area contributed by atoms with E-state index < -0.39 is 4.92 Å². The molecule has 0 fully saturated rings. The number of aryl methyl sites for hydroxylation is 1. The Morgan fingerprint density at radius 1 is 1.33 bits per heavy atom. The molecule has 5 heteroatoms. The highest BCUT2D eigenvalue weighted by atomic mass is 16.6. The van der Waals surface area contributed by atoms with Crippen molar-refractivity contribution in [2.24, 2.45) is 0 Å². The lowest BCUT2D eigenvalue weighted by molar-refractivity contribution is -0.386. The molecule has 0 aliphatic heterocycles. The maximum absolute atomic E-state index is 10.9. The van der Waals surface area contributed by atoms with Gasteiger partial charge in [0.1, 0.15) is 6.61 Å². The van der Waals surface area contributed by atoms with Crippen molar-refractivity contribution in [2.75, 3.05) is 0 Å². The van der Waals surface area contributed by atoms with Crippen LogP contribution in [0.1, 0.15) is 11.3 Å². The fourth-order valence-corrected chi connectivity index (χ4v) is 1.52. The van der Waals surface area contributed by atoms with E-state index in [9.17, 15) is 10.1 Å². The Kier molecular flexibility index (Phi) is 3.52. The van der Waals surface area contributed by atoms with E-state index >= 15 is 0 Å². The number of ether oxygens (including phenoxy) is 1. The van der Waals surface area contributed by atoms with Crippen LogP contribution < -0.4 is 4.74 Å². The maximum Gasteiger partial charge on any atom is 0.310 e. The fraction of sp³-hybridized carbons (Fsp3) is 0.154. The second kappa shape index (κ2) is 5.27. The summed E-state index contributed by atoms with van der Waals surface area (Å²) in [5, 5.41) is 10.9. The second-order valence-corrected chi connectivity index (χ2v) is 3.84. The minimum atomic E-state index is -0.451. The molecule has 0 saturated heterocycles. The molecular formula is C13H12N2O3. The van der Waals surface area contributed by atoms with Crippen LogP contribution >= 0.6 is 0 Å². The Labute approximate surface area is 104 Å². The van der Waals surface area contributed by atoms with E-state index in [1.165, 1.54) is 6.07 Å². The summed E-state index contributed by atoms with van der Waals surface area (Å²) in [6.07, 6.45) is 1.66. The van der Waals surface area contributed by atoms with Gasteiger partial charge in [-0.2, -0.15) is 0 Å². The summed E-state index contributed by atoms with van der Waals surface area (Å²) in [4.78, 5) is 14.5. The number of nitrogens with zero attached hydrogens (tertiary/aromatic N) is 2. The number of nitro groups is 1. The van der Waals surface area contributed by atoms with Gasteiger partial charge in [0.05, 0.1) is 10.6 Å². The first-order valence-electron chi connectivity index (χ1n) is 5.44. The topological polar surface area (TPSA) is 65.3 Å². The minimum absolute atomic E-state index is 0.0310. The predicted octanol–water partition coefficient (Wildman–Crippen LogP) is 2.88. The van der Waals surface area contributed by atoms with Crippen LogP contribution in [0.3, 0.4) is 0 Å². The van der Waals surface area contributed by atoms with Crippen molar-refractivity contribution >= 4 is 5.69 Å². The van der Waals surface area contributed by atoms with Crippen LogP contribution in [0, 0.1) is 17.0 Å². The molecule has 2 aromatic rings. The molecule has 0 radical (unpaired) electrons. The van der Waals surface area contributed by atoms with Crippen LogP contribution in [0.5, 0.6) is 5.75 Å². The third-order valence-electron chi connectivity index (χ3n) is 2.41. The minimum Gasteiger partial charge on any atom is -0.480 e. The highest BCUT2D eigenvalue weighted by molar-refractivity contribution is 5.48. The van der Waals surface area contributed by atoms with E-state index in [-0.39, 0.29) is 18.0 Å². The SMILES string of the molecule is Cc1ccc([N+](=O)[O-])c(OCc2ccccn2)c1. The maximum atomic E-state index is 10.9. The van der Waals surface area contributed by atoms with Crippen LogP contribution in [-0.4, -0.2) is 9.91 Å². The number of nitro benzene ring substituents is 1. The van der Waals surface area contributed by atoms with Gasteiger partial charge in [-0.05, 0) is 30.7 Å². The Morgan fingerprint density at radius 3 is 2.83 bits per heavy atom. The Bertz CT molecular complexity index is 555. The van der Waals surface area contributed by atoms with Crippen molar-refractivity contribution in [3.8, 4) is 5.75 Å². The number of benzene rings is 1. The van der Waals surface area contributed by atoms with Gasteiger partial charge >= 0.3 is 5.69 Å². The van der Waals surface area contributed by atoms with Gasteiger partial charge in [0, 0.05) is 12.3 Å². The molecule has 0 unspecified atom stereocenters. The molecule has 1 heterocycles. The van der Waals surface area contributed by atoms with E-state index in [0.29, 0.717) is 0 Å². The van der Waals surface area contributed by atoms with Crippen LogP contribution in [0.2, 0.25) is 0 Å². The molecular weight excluding hydrogens is 232 g/mol. The van der Waals surface area contributed by atoms with Crippen molar-refractivity contribution in [3.63, 3.8) is 0 Å². The molecule has 0 atom stereocenters. The number of rotatable bonds is 4. The zero-order chi connectivity index (χ0) is 13.0. The monoisotopic (exact) mass is 244 g/mol. The Balaban J connectivity index is 2.18. The largest absolute Gasteiger partial charge is 0.480 e. The standard InChI is InChI=1S/C13H12N2O3/c1-10-5-6-12(15(16)17)13(8-10)18-9-11-4-2-3-7-14-11/h2-8H,9H2,1H3. The lowest BCUT2D eigenvalue weighted by atomic mass is 10.2. The molecule has 5 nitrogen and oxygen atoms in total. The molecule has 0 amide bonds. The lowest BCUT2D eigenvalue weighted by Gasteiger charge is -2.06. The summed E-state index contributed by atoms with van der Waals surface area (Å²) in [7, 11) is 0. The van der Waals surface area contributed by atoms with E-state index in [2.05, 4.69) is 4.98 Å². The summed E-state index contributed by atoms with van der Waals surface area (Å²) in [5.74, 6) is 0.269. The Morgan fingerprint density at radius 2 is 2.17 bits per heavy atom. The van der Waals surface area contributed by atoms with E-state index in [4.69, 9.17) is 4.74 Å². The third kappa shape index (κ3) is 2.82. The van der Waals surface area contributed by atoms with Crippen LogP contribution in [0.25, 0.3) is 0 Å². The molecule has 1 aromatic carbocycles. The molecule has 0 aliphatic carbocycles. The zero-order valence-corrected chi connectivity index (χ0v) is 9.87. The van der Waals surface area contributed by atoms with Gasteiger partial charge in [-0.3, -0.25) is 15.1 Å².